The van der Waals surface area contributed by atoms with Gasteiger partial charge in [0.25, 0.3) is 0 Å². The van der Waals surface area contributed by atoms with Gasteiger partial charge in [-0.15, -0.1) is 0 Å². The maximum absolute atomic E-state index is 12.3. The van der Waals surface area contributed by atoms with Crippen molar-refractivity contribution in [3.05, 3.63) is 56.5 Å². The SMILES string of the molecule is CCOC(=O)C(=NCCCN=C(NNc1cc(Cl)ccc1Cl)C(=O)OCC)NNc1cc(Cl)ccc1Cl. The minimum absolute atomic E-state index is 0.0668. The zero-order valence-corrected chi connectivity index (χ0v) is 23.1. The highest BCUT2D eigenvalue weighted by atomic mass is 35.5. The summed E-state index contributed by atoms with van der Waals surface area (Å²) >= 11 is 24.2. The standard InChI is InChI=1S/C23H26Cl4N6O4/c1-3-36-22(34)20(32-30-18-12-14(24)6-8-16(18)26)28-10-5-11-29-21(23(35)37-4-2)33-31-19-13-15(25)7-9-17(19)27/h6-9,12-13,30-31H,3-5,10-11H2,1-2H3,(H,28,32)(H,29,33). The summed E-state index contributed by atoms with van der Waals surface area (Å²) in [6.45, 7) is 4.08. The molecule has 200 valence electrons. The number of anilines is 2. The lowest BCUT2D eigenvalue weighted by atomic mass is 10.3. The number of nitrogens with zero attached hydrogens (tertiary/aromatic N) is 2. The number of carbonyl (C=O) groups excluding carboxylic acids is 2. The first-order valence-electron chi connectivity index (χ1n) is 11.1. The van der Waals surface area contributed by atoms with E-state index >= 15 is 0 Å². The third-order valence-electron chi connectivity index (χ3n) is 4.28. The van der Waals surface area contributed by atoms with E-state index in [1.54, 1.807) is 50.2 Å². The van der Waals surface area contributed by atoms with Gasteiger partial charge in [-0.05, 0) is 56.7 Å². The van der Waals surface area contributed by atoms with E-state index in [0.29, 0.717) is 37.9 Å². The van der Waals surface area contributed by atoms with E-state index in [9.17, 15) is 9.59 Å². The molecule has 0 heterocycles. The first-order valence-corrected chi connectivity index (χ1v) is 12.6. The molecule has 0 unspecified atom stereocenters. The van der Waals surface area contributed by atoms with Crippen LogP contribution in [0, 0.1) is 0 Å². The van der Waals surface area contributed by atoms with Crippen molar-refractivity contribution in [3.8, 4) is 0 Å². The summed E-state index contributed by atoms with van der Waals surface area (Å²) < 4.78 is 10.1. The molecule has 14 heteroatoms. The molecule has 0 aliphatic carbocycles. The molecular formula is C23H26Cl4N6O4. The molecule has 0 radical (unpaired) electrons. The second-order valence-corrected chi connectivity index (χ2v) is 8.69. The van der Waals surface area contributed by atoms with Gasteiger partial charge in [-0.1, -0.05) is 46.4 Å². The van der Waals surface area contributed by atoms with Gasteiger partial charge in [-0.2, -0.15) is 0 Å². The van der Waals surface area contributed by atoms with Gasteiger partial charge >= 0.3 is 11.9 Å². The van der Waals surface area contributed by atoms with Crippen molar-refractivity contribution in [2.45, 2.75) is 20.3 Å². The average molecular weight is 592 g/mol. The Kier molecular flexibility index (Phi) is 13.1. The van der Waals surface area contributed by atoms with E-state index in [0.717, 1.165) is 0 Å². The first-order chi connectivity index (χ1) is 17.7. The largest absolute Gasteiger partial charge is 0.460 e. The highest BCUT2D eigenvalue weighted by molar-refractivity contribution is 6.37. The number of ether oxygens (including phenoxy) is 2. The Bertz CT molecular complexity index is 1060. The molecule has 4 N–H and O–H groups in total. The summed E-state index contributed by atoms with van der Waals surface area (Å²) in [7, 11) is 0. The third kappa shape index (κ3) is 10.5. The fourth-order valence-electron chi connectivity index (χ4n) is 2.60. The van der Waals surface area contributed by atoms with Crippen LogP contribution >= 0.6 is 46.4 Å². The average Bonchev–Trinajstić information content (AvgIpc) is 2.86. The van der Waals surface area contributed by atoms with Crippen LogP contribution in [0.2, 0.25) is 20.1 Å². The number of benzene rings is 2. The minimum Gasteiger partial charge on any atom is -0.460 e. The monoisotopic (exact) mass is 590 g/mol. The van der Waals surface area contributed by atoms with Crippen molar-refractivity contribution in [3.63, 3.8) is 0 Å². The topological polar surface area (TPSA) is 125 Å². The number of nitrogens with one attached hydrogen (secondary N) is 4. The number of amidine groups is 2. The zero-order valence-electron chi connectivity index (χ0n) is 20.0. The number of rotatable bonds is 10. The smallest absolute Gasteiger partial charge is 0.375 e. The maximum atomic E-state index is 12.3. The summed E-state index contributed by atoms with van der Waals surface area (Å²) in [4.78, 5) is 33.0. The normalized spacial score (nSPS) is 11.5. The van der Waals surface area contributed by atoms with Crippen LogP contribution in [-0.4, -0.2) is 49.9 Å². The van der Waals surface area contributed by atoms with Crippen LogP contribution in [0.5, 0.6) is 0 Å². The molecule has 0 saturated heterocycles. The van der Waals surface area contributed by atoms with Crippen molar-refractivity contribution < 1.29 is 19.1 Å². The van der Waals surface area contributed by atoms with Crippen molar-refractivity contribution in [1.29, 1.82) is 0 Å². The molecule has 0 atom stereocenters. The van der Waals surface area contributed by atoms with Crippen LogP contribution in [0.15, 0.2) is 46.4 Å². The van der Waals surface area contributed by atoms with Crippen LogP contribution in [-0.2, 0) is 19.1 Å². The van der Waals surface area contributed by atoms with E-state index in [1.807, 2.05) is 0 Å². The first kappa shape index (κ1) is 30.3. The summed E-state index contributed by atoms with van der Waals surface area (Å²) in [5, 5.41) is 1.70. The van der Waals surface area contributed by atoms with E-state index in [2.05, 4.69) is 31.7 Å². The van der Waals surface area contributed by atoms with Crippen LogP contribution in [0.3, 0.4) is 0 Å². The van der Waals surface area contributed by atoms with Gasteiger partial charge in [0.15, 0.2) is 0 Å². The van der Waals surface area contributed by atoms with Crippen LogP contribution in [0.4, 0.5) is 11.4 Å². The molecule has 0 spiro atoms. The summed E-state index contributed by atoms with van der Waals surface area (Å²) in [6.07, 6.45) is 0.394. The highest BCUT2D eigenvalue weighted by Gasteiger charge is 2.14. The van der Waals surface area contributed by atoms with Crippen LogP contribution < -0.4 is 21.7 Å². The number of carbonyl (C=O) groups is 2. The van der Waals surface area contributed by atoms with E-state index in [4.69, 9.17) is 55.9 Å². The quantitative estimate of drug-likeness (QED) is 0.0983. The van der Waals surface area contributed by atoms with Crippen molar-refractivity contribution in [1.82, 2.24) is 10.9 Å². The van der Waals surface area contributed by atoms with E-state index < -0.39 is 11.9 Å². The number of hydrazine groups is 2. The lowest BCUT2D eigenvalue weighted by Gasteiger charge is -2.13. The molecule has 37 heavy (non-hydrogen) atoms. The maximum Gasteiger partial charge on any atom is 0.375 e. The fraction of sp³-hybridized carbons (Fsp3) is 0.304. The predicted octanol–water partition coefficient (Wildman–Crippen LogP) is 5.15. The Morgan fingerprint density at radius 3 is 1.51 bits per heavy atom. The van der Waals surface area contributed by atoms with Gasteiger partial charge < -0.3 is 9.47 Å². The van der Waals surface area contributed by atoms with Gasteiger partial charge in [-0.25, -0.2) is 9.59 Å². The van der Waals surface area contributed by atoms with Gasteiger partial charge in [-0.3, -0.25) is 31.7 Å². The van der Waals surface area contributed by atoms with Crippen LogP contribution in [0.1, 0.15) is 20.3 Å². The predicted molar refractivity (Wildman–Crippen MR) is 149 cm³/mol. The van der Waals surface area contributed by atoms with Crippen molar-refractivity contribution >= 4 is 81.4 Å². The second kappa shape index (κ2) is 16.0. The van der Waals surface area contributed by atoms with Gasteiger partial charge in [0.2, 0.25) is 11.7 Å². The van der Waals surface area contributed by atoms with Gasteiger partial charge in [0, 0.05) is 23.1 Å². The highest BCUT2D eigenvalue weighted by Crippen LogP contribution is 2.25. The number of aliphatic imine (C=N–C) groups is 2. The fourth-order valence-corrected chi connectivity index (χ4v) is 3.27. The van der Waals surface area contributed by atoms with E-state index in [-0.39, 0.29) is 38.0 Å². The molecule has 2 aromatic carbocycles. The Labute approximate surface area is 234 Å². The Balaban J connectivity index is 2.02. The summed E-state index contributed by atoms with van der Waals surface area (Å²) in [6, 6.07) is 9.66. The third-order valence-corrected chi connectivity index (χ3v) is 5.41. The Morgan fingerprint density at radius 2 is 1.14 bits per heavy atom. The molecule has 2 rings (SSSR count). The molecule has 0 aliphatic rings. The van der Waals surface area contributed by atoms with Gasteiger partial charge in [0.1, 0.15) is 0 Å². The van der Waals surface area contributed by atoms with Crippen molar-refractivity contribution in [2.75, 3.05) is 37.2 Å². The number of hydrogen-bond donors (Lipinski definition) is 4. The molecule has 0 saturated carbocycles. The molecule has 0 bridgehead atoms. The molecule has 0 aromatic heterocycles. The van der Waals surface area contributed by atoms with Crippen LogP contribution in [0.25, 0.3) is 0 Å². The molecule has 2 aromatic rings. The zero-order chi connectivity index (χ0) is 27.2. The van der Waals surface area contributed by atoms with E-state index in [1.165, 1.54) is 0 Å². The number of esters is 2. The molecule has 0 fully saturated rings. The molecule has 0 amide bonds. The number of hydrogen-bond acceptors (Lipinski definition) is 8. The summed E-state index contributed by atoms with van der Waals surface area (Å²) in [5.74, 6) is -1.45. The minimum atomic E-state index is -0.659. The Hall–Kier alpha value is -2.92. The molecule has 10 nitrogen and oxygen atoms in total. The molecular weight excluding hydrogens is 566 g/mol. The molecule has 0 aliphatic heterocycles. The van der Waals surface area contributed by atoms with Gasteiger partial charge in [0.05, 0.1) is 34.6 Å². The Morgan fingerprint density at radius 1 is 0.730 bits per heavy atom. The summed E-state index contributed by atoms with van der Waals surface area (Å²) in [5.41, 5.74) is 11.9. The lowest BCUT2D eigenvalue weighted by Crippen LogP contribution is -2.37. The lowest BCUT2D eigenvalue weighted by molar-refractivity contribution is -0.136. The second-order valence-electron chi connectivity index (χ2n) is 7.00. The van der Waals surface area contributed by atoms with Crippen molar-refractivity contribution in [2.24, 2.45) is 9.98 Å². The number of halogens is 4.